The van der Waals surface area contributed by atoms with E-state index in [0.717, 1.165) is 85.1 Å². The van der Waals surface area contributed by atoms with E-state index < -0.39 is 0 Å². The Hall–Kier alpha value is -2.81. The van der Waals surface area contributed by atoms with Crippen LogP contribution in [0.3, 0.4) is 0 Å². The summed E-state index contributed by atoms with van der Waals surface area (Å²) in [6.45, 7) is 4.39. The zero-order chi connectivity index (χ0) is 22.6. The monoisotopic (exact) mass is 440 g/mol. The van der Waals surface area contributed by atoms with Crippen molar-refractivity contribution in [3.05, 3.63) is 69.8 Å². The van der Waals surface area contributed by atoms with Crippen molar-refractivity contribution in [2.24, 2.45) is 5.41 Å². The maximum Gasteiger partial charge on any atom is 0.192 e. The topological polar surface area (TPSA) is 35.5 Å². The van der Waals surface area contributed by atoms with Crippen molar-refractivity contribution in [1.82, 2.24) is 0 Å². The summed E-state index contributed by atoms with van der Waals surface area (Å²) in [5.74, 6) is 1.90. The average Bonchev–Trinajstić information content (AvgIpc) is 3.32. The summed E-state index contributed by atoms with van der Waals surface area (Å²) in [4.78, 5) is 13.9. The highest BCUT2D eigenvalue weighted by Gasteiger charge is 2.60. The van der Waals surface area contributed by atoms with Crippen molar-refractivity contribution in [2.45, 2.75) is 77.4 Å². The number of ketones is 1. The van der Waals surface area contributed by atoms with Crippen LogP contribution in [0.4, 0.5) is 0 Å². The zero-order valence-corrected chi connectivity index (χ0v) is 19.7. The number of carbonyl (C=O) groups excluding carboxylic acids is 1. The number of hydrogen-bond acceptors (Lipinski definition) is 3. The first-order valence-corrected chi connectivity index (χ1v) is 12.7. The van der Waals surface area contributed by atoms with Gasteiger partial charge in [0, 0.05) is 22.3 Å². The van der Waals surface area contributed by atoms with Gasteiger partial charge in [-0.25, -0.2) is 0 Å². The molecule has 0 amide bonds. The van der Waals surface area contributed by atoms with E-state index in [2.05, 4.69) is 62.4 Å². The van der Waals surface area contributed by atoms with Crippen LogP contribution in [0.25, 0.3) is 12.2 Å². The van der Waals surface area contributed by atoms with Gasteiger partial charge in [0.2, 0.25) is 0 Å². The lowest BCUT2D eigenvalue weighted by molar-refractivity contribution is -0.120. The number of ether oxygens (including phenoxy) is 2. The fourth-order valence-electron chi connectivity index (χ4n) is 6.48. The van der Waals surface area contributed by atoms with Crippen LogP contribution in [0.1, 0.15) is 74.6 Å². The Morgan fingerprint density at radius 2 is 1.27 bits per heavy atom. The molecule has 2 aliphatic carbocycles. The van der Waals surface area contributed by atoms with Crippen LogP contribution in [0, 0.1) is 5.41 Å². The van der Waals surface area contributed by atoms with E-state index in [1.807, 2.05) is 0 Å². The molecule has 1 spiro atoms. The van der Waals surface area contributed by atoms with Crippen LogP contribution in [-0.2, 0) is 17.6 Å². The number of Topliss-reactive ketones (excluding diaryl/α,β-unsaturated/α-hetero) is 1. The molecule has 2 atom stereocenters. The maximum absolute atomic E-state index is 13.9. The van der Waals surface area contributed by atoms with Gasteiger partial charge >= 0.3 is 0 Å². The van der Waals surface area contributed by atoms with Gasteiger partial charge in [-0.2, -0.15) is 0 Å². The molecule has 170 valence electrons. The van der Waals surface area contributed by atoms with Crippen molar-refractivity contribution in [3.8, 4) is 11.5 Å². The summed E-state index contributed by atoms with van der Waals surface area (Å²) in [6, 6.07) is 12.9. The highest BCUT2D eigenvalue weighted by Crippen LogP contribution is 2.57. The molecule has 3 heteroatoms. The van der Waals surface area contributed by atoms with Crippen LogP contribution >= 0.6 is 0 Å². The first-order chi connectivity index (χ1) is 16.1. The zero-order valence-electron chi connectivity index (χ0n) is 19.7. The Labute approximate surface area is 196 Å². The molecule has 2 heterocycles. The maximum atomic E-state index is 13.9. The lowest BCUT2D eigenvalue weighted by Gasteiger charge is -2.50. The van der Waals surface area contributed by atoms with E-state index in [9.17, 15) is 4.79 Å². The van der Waals surface area contributed by atoms with Crippen LogP contribution in [0.2, 0.25) is 0 Å². The molecule has 2 aliphatic heterocycles. The van der Waals surface area contributed by atoms with E-state index in [1.54, 1.807) is 0 Å². The molecule has 2 saturated carbocycles. The third kappa shape index (κ3) is 3.19. The molecule has 2 aromatic rings. The number of aryl methyl sites for hydroxylation is 2. The molecule has 0 unspecified atom stereocenters. The number of carbonyl (C=O) groups is 1. The van der Waals surface area contributed by atoms with Crippen molar-refractivity contribution < 1.29 is 14.3 Å². The summed E-state index contributed by atoms with van der Waals surface area (Å²) >= 11 is 0. The van der Waals surface area contributed by atoms with Crippen molar-refractivity contribution in [3.63, 3.8) is 0 Å². The SMILES string of the molecule is CCCc1ccc2c(c1)C=C1C(=O)C3=Cc4cc(CCC)ccc4O[C@H]3C3(CCCC3)[C@@H]1O2. The van der Waals surface area contributed by atoms with Gasteiger partial charge in [-0.1, -0.05) is 51.7 Å². The van der Waals surface area contributed by atoms with E-state index in [1.165, 1.54) is 11.1 Å². The Kier molecular flexibility index (Phi) is 4.97. The van der Waals surface area contributed by atoms with Gasteiger partial charge in [-0.3, -0.25) is 4.79 Å². The molecule has 0 saturated heterocycles. The van der Waals surface area contributed by atoms with Gasteiger partial charge in [-0.15, -0.1) is 0 Å². The smallest absolute Gasteiger partial charge is 0.192 e. The Morgan fingerprint density at radius 1 is 0.788 bits per heavy atom. The normalized spacial score (nSPS) is 24.0. The molecular weight excluding hydrogens is 408 g/mol. The number of hydrogen-bond donors (Lipinski definition) is 0. The third-order valence-corrected chi connectivity index (χ3v) is 8.01. The van der Waals surface area contributed by atoms with Crippen LogP contribution in [0.5, 0.6) is 11.5 Å². The van der Waals surface area contributed by atoms with Gasteiger partial charge in [0.1, 0.15) is 23.7 Å². The minimum atomic E-state index is -0.236. The quantitative estimate of drug-likeness (QED) is 0.529. The van der Waals surface area contributed by atoms with Gasteiger partial charge in [0.25, 0.3) is 0 Å². The summed E-state index contributed by atoms with van der Waals surface area (Å²) in [6.07, 6.45) is 12.4. The van der Waals surface area contributed by atoms with Crippen LogP contribution in [-0.4, -0.2) is 18.0 Å². The first-order valence-electron chi connectivity index (χ1n) is 12.7. The predicted octanol–water partition coefficient (Wildman–Crippen LogP) is 6.72. The lowest BCUT2D eigenvalue weighted by Crippen LogP contribution is -2.58. The second kappa shape index (κ2) is 7.90. The van der Waals surface area contributed by atoms with Gasteiger partial charge in [-0.05, 0) is 73.2 Å². The van der Waals surface area contributed by atoms with Crippen molar-refractivity contribution in [1.29, 1.82) is 0 Å². The highest BCUT2D eigenvalue weighted by atomic mass is 16.5. The molecule has 3 nitrogen and oxygen atoms in total. The standard InChI is InChI=1S/C30H32O3/c1-3-7-19-9-11-25-21(15-19)17-23-27(31)24-18-22-16-20(8-4-2)10-12-26(22)33-29(24)30(28(23)32-25)13-5-6-14-30/h9-12,15-18,28-29H,3-8,13-14H2,1-2H3/t28-,29-/m1/s1. The van der Waals surface area contributed by atoms with Gasteiger partial charge < -0.3 is 9.47 Å². The minimum absolute atomic E-state index is 0.0978. The Balaban J connectivity index is 1.48. The molecule has 4 aliphatic rings. The molecule has 0 bridgehead atoms. The van der Waals surface area contributed by atoms with Crippen LogP contribution < -0.4 is 9.47 Å². The average molecular weight is 441 g/mol. The second-order valence-corrected chi connectivity index (χ2v) is 10.2. The number of fused-ring (bicyclic) bond motifs is 6. The van der Waals surface area contributed by atoms with E-state index in [-0.39, 0.29) is 23.4 Å². The molecular formula is C30H32O3. The van der Waals surface area contributed by atoms with Gasteiger partial charge in [0.05, 0.1) is 5.41 Å². The fourth-order valence-corrected chi connectivity index (χ4v) is 6.48. The first kappa shape index (κ1) is 20.8. The molecule has 0 radical (unpaired) electrons. The van der Waals surface area contributed by atoms with Gasteiger partial charge in [0.15, 0.2) is 5.78 Å². The number of benzene rings is 2. The fraction of sp³-hybridized carbons (Fsp3) is 0.433. The molecule has 33 heavy (non-hydrogen) atoms. The molecule has 2 fully saturated rings. The molecule has 0 N–H and O–H groups in total. The van der Waals surface area contributed by atoms with Crippen molar-refractivity contribution in [2.75, 3.05) is 0 Å². The van der Waals surface area contributed by atoms with Crippen molar-refractivity contribution >= 4 is 17.9 Å². The Bertz CT molecular complexity index is 1090. The minimum Gasteiger partial charge on any atom is -0.484 e. The number of rotatable bonds is 4. The van der Waals surface area contributed by atoms with E-state index in [4.69, 9.17) is 9.47 Å². The van der Waals surface area contributed by atoms with Crippen LogP contribution in [0.15, 0.2) is 47.5 Å². The molecule has 6 rings (SSSR count). The summed E-state index contributed by atoms with van der Waals surface area (Å²) in [7, 11) is 0. The largest absolute Gasteiger partial charge is 0.484 e. The Morgan fingerprint density at radius 3 is 1.73 bits per heavy atom. The highest BCUT2D eigenvalue weighted by molar-refractivity contribution is 6.17. The summed E-state index contributed by atoms with van der Waals surface area (Å²) < 4.78 is 13.3. The third-order valence-electron chi connectivity index (χ3n) is 8.01. The van der Waals surface area contributed by atoms with E-state index >= 15 is 0 Å². The summed E-state index contributed by atoms with van der Waals surface area (Å²) in [5, 5.41) is 0. The van der Waals surface area contributed by atoms with E-state index in [0.29, 0.717) is 0 Å². The summed E-state index contributed by atoms with van der Waals surface area (Å²) in [5.41, 5.74) is 6.11. The predicted molar refractivity (Wildman–Crippen MR) is 132 cm³/mol. The second-order valence-electron chi connectivity index (χ2n) is 10.2. The molecule has 2 aromatic carbocycles. The molecule has 0 aromatic heterocycles. The lowest BCUT2D eigenvalue weighted by atomic mass is 9.62.